The predicted octanol–water partition coefficient (Wildman–Crippen LogP) is 5.26. The molecule has 0 radical (unpaired) electrons. The zero-order valence-corrected chi connectivity index (χ0v) is 12.3. The number of thiazole rings is 1. The van der Waals surface area contributed by atoms with Gasteiger partial charge in [-0.3, -0.25) is 0 Å². The summed E-state index contributed by atoms with van der Waals surface area (Å²) >= 11 is 7.64. The second-order valence-corrected chi connectivity index (χ2v) is 5.93. The fourth-order valence-electron chi connectivity index (χ4n) is 2.02. The minimum absolute atomic E-state index is 0.0231. The van der Waals surface area contributed by atoms with E-state index in [9.17, 15) is 4.39 Å². The van der Waals surface area contributed by atoms with Crippen molar-refractivity contribution in [1.29, 1.82) is 0 Å². The third kappa shape index (κ3) is 2.62. The predicted molar refractivity (Wildman–Crippen MR) is 83.1 cm³/mol. The highest BCUT2D eigenvalue weighted by molar-refractivity contribution is 7.22. The van der Waals surface area contributed by atoms with Gasteiger partial charge in [-0.05, 0) is 36.8 Å². The van der Waals surface area contributed by atoms with Crippen LogP contribution in [0.4, 0.5) is 9.52 Å². The van der Waals surface area contributed by atoms with Gasteiger partial charge in [0, 0.05) is 0 Å². The van der Waals surface area contributed by atoms with Gasteiger partial charge in [-0.1, -0.05) is 41.1 Å². The quantitative estimate of drug-likeness (QED) is 0.713. The minimum Gasteiger partial charge on any atom is -0.355 e. The third-order valence-corrected chi connectivity index (χ3v) is 4.52. The number of nitrogens with zero attached hydrogens (tertiary/aromatic N) is 1. The smallest absolute Gasteiger partial charge is 0.184 e. The molecule has 20 heavy (non-hydrogen) atoms. The maximum Gasteiger partial charge on any atom is 0.184 e. The number of hydrogen-bond acceptors (Lipinski definition) is 3. The SMILES string of the molecule is CC(Nc1nc2cccc(Cl)c2s1)c1cccc(F)c1. The van der Waals surface area contributed by atoms with E-state index in [0.29, 0.717) is 5.02 Å². The fourth-order valence-corrected chi connectivity index (χ4v) is 3.26. The first kappa shape index (κ1) is 13.3. The number of rotatable bonds is 3. The Bertz CT molecular complexity index is 756. The van der Waals surface area contributed by atoms with Gasteiger partial charge in [-0.25, -0.2) is 9.37 Å². The van der Waals surface area contributed by atoms with Crippen molar-refractivity contribution < 1.29 is 4.39 Å². The molecule has 0 saturated heterocycles. The summed E-state index contributed by atoms with van der Waals surface area (Å²) in [6, 6.07) is 12.2. The van der Waals surface area contributed by atoms with E-state index in [1.165, 1.54) is 23.5 Å². The Labute approximate surface area is 125 Å². The van der Waals surface area contributed by atoms with Crippen molar-refractivity contribution in [3.63, 3.8) is 0 Å². The van der Waals surface area contributed by atoms with Crippen molar-refractivity contribution in [2.24, 2.45) is 0 Å². The number of hydrogen-bond donors (Lipinski definition) is 1. The summed E-state index contributed by atoms with van der Waals surface area (Å²) in [5.74, 6) is -0.233. The number of nitrogens with one attached hydrogen (secondary N) is 1. The lowest BCUT2D eigenvalue weighted by atomic mass is 10.1. The van der Waals surface area contributed by atoms with Crippen LogP contribution in [0.1, 0.15) is 18.5 Å². The van der Waals surface area contributed by atoms with Gasteiger partial charge < -0.3 is 5.32 Å². The minimum atomic E-state index is -0.233. The molecule has 1 N–H and O–H groups in total. The van der Waals surface area contributed by atoms with Crippen molar-refractivity contribution >= 4 is 38.3 Å². The normalized spacial score (nSPS) is 12.6. The van der Waals surface area contributed by atoms with E-state index in [1.807, 2.05) is 31.2 Å². The Balaban J connectivity index is 1.87. The van der Waals surface area contributed by atoms with Gasteiger partial charge in [0.2, 0.25) is 0 Å². The zero-order chi connectivity index (χ0) is 14.1. The molecule has 3 aromatic rings. The standard InChI is InChI=1S/C15H12ClFN2S/c1-9(10-4-2-5-11(17)8-10)18-15-19-13-7-3-6-12(16)14(13)20-15/h2-9H,1H3,(H,18,19). The monoisotopic (exact) mass is 306 g/mol. The molecular formula is C15H12ClFN2S. The fraction of sp³-hybridized carbons (Fsp3) is 0.133. The van der Waals surface area contributed by atoms with E-state index in [1.54, 1.807) is 6.07 Å². The Hall–Kier alpha value is -1.65. The van der Waals surface area contributed by atoms with E-state index >= 15 is 0 Å². The molecule has 0 aliphatic carbocycles. The van der Waals surface area contributed by atoms with Crippen LogP contribution in [0, 0.1) is 5.82 Å². The largest absolute Gasteiger partial charge is 0.355 e. The van der Waals surface area contributed by atoms with E-state index in [4.69, 9.17) is 11.6 Å². The van der Waals surface area contributed by atoms with Crippen molar-refractivity contribution in [3.8, 4) is 0 Å². The summed E-state index contributed by atoms with van der Waals surface area (Å²) in [6.45, 7) is 1.97. The van der Waals surface area contributed by atoms with Crippen LogP contribution in [-0.2, 0) is 0 Å². The average molecular weight is 307 g/mol. The topological polar surface area (TPSA) is 24.9 Å². The Morgan fingerprint density at radius 3 is 2.80 bits per heavy atom. The van der Waals surface area contributed by atoms with Gasteiger partial charge in [0.25, 0.3) is 0 Å². The molecule has 1 atom stereocenters. The lowest BCUT2D eigenvalue weighted by Crippen LogP contribution is -2.06. The maximum absolute atomic E-state index is 13.2. The van der Waals surface area contributed by atoms with Crippen LogP contribution in [0.5, 0.6) is 0 Å². The maximum atomic E-state index is 13.2. The molecule has 0 saturated carbocycles. The van der Waals surface area contributed by atoms with Gasteiger partial charge in [0.05, 0.1) is 21.3 Å². The number of benzene rings is 2. The molecule has 5 heteroatoms. The molecule has 0 bridgehead atoms. The molecule has 2 nitrogen and oxygen atoms in total. The molecule has 0 fully saturated rings. The van der Waals surface area contributed by atoms with E-state index in [0.717, 1.165) is 20.9 Å². The summed E-state index contributed by atoms with van der Waals surface area (Å²) in [4.78, 5) is 4.49. The van der Waals surface area contributed by atoms with Crippen molar-refractivity contribution in [1.82, 2.24) is 4.98 Å². The molecule has 0 spiro atoms. The molecule has 1 heterocycles. The molecule has 0 aliphatic rings. The molecule has 2 aromatic carbocycles. The number of halogens is 2. The highest BCUT2D eigenvalue weighted by Gasteiger charge is 2.11. The van der Waals surface area contributed by atoms with Crippen molar-refractivity contribution in [2.45, 2.75) is 13.0 Å². The lowest BCUT2D eigenvalue weighted by molar-refractivity contribution is 0.623. The van der Waals surface area contributed by atoms with E-state index in [-0.39, 0.29) is 11.9 Å². The van der Waals surface area contributed by atoms with E-state index < -0.39 is 0 Å². The molecule has 1 unspecified atom stereocenters. The van der Waals surface area contributed by atoms with Crippen LogP contribution < -0.4 is 5.32 Å². The average Bonchev–Trinajstić information content (AvgIpc) is 2.83. The van der Waals surface area contributed by atoms with Crippen LogP contribution in [0.25, 0.3) is 10.2 Å². The molecule has 102 valence electrons. The molecule has 0 amide bonds. The van der Waals surface area contributed by atoms with Gasteiger partial charge in [0.15, 0.2) is 5.13 Å². The highest BCUT2D eigenvalue weighted by Crippen LogP contribution is 2.33. The number of fused-ring (bicyclic) bond motifs is 1. The first-order chi connectivity index (χ1) is 9.63. The van der Waals surface area contributed by atoms with Crippen LogP contribution >= 0.6 is 22.9 Å². The Morgan fingerprint density at radius 1 is 1.25 bits per heavy atom. The van der Waals surface area contributed by atoms with Gasteiger partial charge in [0.1, 0.15) is 5.82 Å². The lowest BCUT2D eigenvalue weighted by Gasteiger charge is -2.13. The first-order valence-corrected chi connectivity index (χ1v) is 7.40. The molecule has 0 aliphatic heterocycles. The summed E-state index contributed by atoms with van der Waals surface area (Å²) in [6.07, 6.45) is 0. The summed E-state index contributed by atoms with van der Waals surface area (Å²) < 4.78 is 14.2. The molecule has 1 aromatic heterocycles. The first-order valence-electron chi connectivity index (χ1n) is 6.20. The van der Waals surface area contributed by atoms with Gasteiger partial charge in [-0.15, -0.1) is 0 Å². The van der Waals surface area contributed by atoms with E-state index in [2.05, 4.69) is 10.3 Å². The summed E-state index contributed by atoms with van der Waals surface area (Å²) in [5, 5.41) is 4.77. The third-order valence-electron chi connectivity index (χ3n) is 3.06. The highest BCUT2D eigenvalue weighted by atomic mass is 35.5. The molecular weight excluding hydrogens is 295 g/mol. The molecule has 3 rings (SSSR count). The van der Waals surface area contributed by atoms with Crippen LogP contribution in [-0.4, -0.2) is 4.98 Å². The second kappa shape index (κ2) is 5.38. The summed E-state index contributed by atoms with van der Waals surface area (Å²) in [7, 11) is 0. The van der Waals surface area contributed by atoms with Crippen LogP contribution in [0.15, 0.2) is 42.5 Å². The van der Waals surface area contributed by atoms with Crippen molar-refractivity contribution in [3.05, 3.63) is 58.9 Å². The second-order valence-electron chi connectivity index (χ2n) is 4.53. The van der Waals surface area contributed by atoms with Gasteiger partial charge in [-0.2, -0.15) is 0 Å². The summed E-state index contributed by atoms with van der Waals surface area (Å²) in [5.41, 5.74) is 1.76. The Kier molecular flexibility index (Phi) is 3.59. The Morgan fingerprint density at radius 2 is 2.05 bits per heavy atom. The van der Waals surface area contributed by atoms with Crippen molar-refractivity contribution in [2.75, 3.05) is 5.32 Å². The zero-order valence-electron chi connectivity index (χ0n) is 10.7. The van der Waals surface area contributed by atoms with Crippen LogP contribution in [0.2, 0.25) is 5.02 Å². The number of anilines is 1. The van der Waals surface area contributed by atoms with Gasteiger partial charge >= 0.3 is 0 Å². The number of aromatic nitrogens is 1. The van der Waals surface area contributed by atoms with Crippen LogP contribution in [0.3, 0.4) is 0 Å².